The molecular formula is C18H20BrNO. The summed E-state index contributed by atoms with van der Waals surface area (Å²) in [6.07, 6.45) is 2.31. The third-order valence-electron chi connectivity index (χ3n) is 4.28. The first-order valence-electron chi connectivity index (χ1n) is 7.36. The second-order valence-electron chi connectivity index (χ2n) is 5.56. The van der Waals surface area contributed by atoms with Gasteiger partial charge in [0.2, 0.25) is 0 Å². The van der Waals surface area contributed by atoms with E-state index in [-0.39, 0.29) is 0 Å². The van der Waals surface area contributed by atoms with Crippen LogP contribution in [-0.4, -0.2) is 7.11 Å². The number of nitrogens with one attached hydrogen (secondary N) is 1. The first-order chi connectivity index (χ1) is 10.2. The highest BCUT2D eigenvalue weighted by Crippen LogP contribution is 2.36. The molecule has 0 aromatic heterocycles. The molecular weight excluding hydrogens is 326 g/mol. The van der Waals surface area contributed by atoms with Gasteiger partial charge in [0.1, 0.15) is 5.75 Å². The second-order valence-corrected chi connectivity index (χ2v) is 6.41. The highest BCUT2D eigenvalue weighted by Gasteiger charge is 2.25. The van der Waals surface area contributed by atoms with Crippen LogP contribution in [0.15, 0.2) is 46.9 Å². The van der Waals surface area contributed by atoms with Crippen molar-refractivity contribution >= 4 is 15.9 Å². The molecule has 0 saturated heterocycles. The lowest BCUT2D eigenvalue weighted by atomic mass is 10.0. The van der Waals surface area contributed by atoms with Crippen molar-refractivity contribution in [1.82, 2.24) is 5.32 Å². The maximum absolute atomic E-state index is 5.22. The van der Waals surface area contributed by atoms with Crippen molar-refractivity contribution in [3.05, 3.63) is 63.6 Å². The fourth-order valence-corrected chi connectivity index (χ4v) is 3.65. The fourth-order valence-electron chi connectivity index (χ4n) is 3.07. The van der Waals surface area contributed by atoms with Crippen LogP contribution in [0.3, 0.4) is 0 Å². The fraction of sp³-hybridized carbons (Fsp3) is 0.333. The van der Waals surface area contributed by atoms with Crippen LogP contribution in [-0.2, 0) is 6.42 Å². The van der Waals surface area contributed by atoms with Crippen molar-refractivity contribution in [3.63, 3.8) is 0 Å². The van der Waals surface area contributed by atoms with Crippen molar-refractivity contribution in [2.24, 2.45) is 0 Å². The zero-order valence-corrected chi connectivity index (χ0v) is 14.0. The molecule has 1 aliphatic carbocycles. The van der Waals surface area contributed by atoms with Crippen LogP contribution >= 0.6 is 15.9 Å². The minimum atomic E-state index is 0.325. The molecule has 2 atom stereocenters. The molecule has 0 saturated carbocycles. The molecule has 3 rings (SSSR count). The number of ether oxygens (including phenoxy) is 1. The Balaban J connectivity index is 1.74. The summed E-state index contributed by atoms with van der Waals surface area (Å²) in [5.74, 6) is 0.904. The van der Waals surface area contributed by atoms with Gasteiger partial charge in [-0.2, -0.15) is 0 Å². The molecule has 0 spiro atoms. The SMILES string of the molecule is COc1ccc(C(C)NC2CCc3c(Br)cccc32)cc1. The van der Waals surface area contributed by atoms with E-state index in [1.165, 1.54) is 27.6 Å². The highest BCUT2D eigenvalue weighted by molar-refractivity contribution is 9.10. The van der Waals surface area contributed by atoms with Crippen molar-refractivity contribution in [2.45, 2.75) is 31.8 Å². The van der Waals surface area contributed by atoms with Crippen molar-refractivity contribution < 1.29 is 4.74 Å². The standard InChI is InChI=1S/C18H20BrNO/c1-12(13-6-8-14(21-2)9-7-13)20-18-11-10-15-16(18)4-3-5-17(15)19/h3-9,12,18,20H,10-11H2,1-2H3. The third kappa shape index (κ3) is 2.99. The van der Waals surface area contributed by atoms with Crippen LogP contribution in [0.1, 0.15) is 42.1 Å². The minimum Gasteiger partial charge on any atom is -0.497 e. The Morgan fingerprint density at radius 1 is 1.19 bits per heavy atom. The molecule has 2 unspecified atom stereocenters. The van der Waals surface area contributed by atoms with E-state index in [9.17, 15) is 0 Å². The summed E-state index contributed by atoms with van der Waals surface area (Å²) in [5, 5.41) is 3.75. The second kappa shape index (κ2) is 6.20. The summed E-state index contributed by atoms with van der Waals surface area (Å²) in [7, 11) is 1.70. The maximum atomic E-state index is 5.22. The van der Waals surface area contributed by atoms with E-state index in [1.54, 1.807) is 7.11 Å². The van der Waals surface area contributed by atoms with Crippen molar-refractivity contribution in [2.75, 3.05) is 7.11 Å². The van der Waals surface area contributed by atoms with Crippen molar-refractivity contribution in [3.8, 4) is 5.75 Å². The van der Waals surface area contributed by atoms with E-state index in [4.69, 9.17) is 4.74 Å². The Labute approximate surface area is 134 Å². The van der Waals surface area contributed by atoms with Crippen LogP contribution in [0.25, 0.3) is 0 Å². The predicted octanol–water partition coefficient (Wildman–Crippen LogP) is 4.80. The molecule has 0 bridgehead atoms. The summed E-state index contributed by atoms with van der Waals surface area (Å²) in [6.45, 7) is 2.22. The molecule has 110 valence electrons. The van der Waals surface area contributed by atoms with Gasteiger partial charge in [-0.25, -0.2) is 0 Å². The van der Waals surface area contributed by atoms with Crippen LogP contribution in [0, 0.1) is 0 Å². The summed E-state index contributed by atoms with van der Waals surface area (Å²) in [6, 6.07) is 15.6. The van der Waals surface area contributed by atoms with E-state index in [0.29, 0.717) is 12.1 Å². The summed E-state index contributed by atoms with van der Waals surface area (Å²) >= 11 is 3.66. The molecule has 1 aliphatic rings. The first kappa shape index (κ1) is 14.6. The van der Waals surface area contributed by atoms with Crippen LogP contribution in [0.4, 0.5) is 0 Å². The Morgan fingerprint density at radius 3 is 2.67 bits per heavy atom. The Bertz CT molecular complexity index is 624. The zero-order valence-electron chi connectivity index (χ0n) is 12.4. The molecule has 0 heterocycles. The van der Waals surface area contributed by atoms with E-state index < -0.39 is 0 Å². The molecule has 1 N–H and O–H groups in total. The Hall–Kier alpha value is -1.32. The van der Waals surface area contributed by atoms with Gasteiger partial charge in [0.25, 0.3) is 0 Å². The monoisotopic (exact) mass is 345 g/mol. The molecule has 0 fully saturated rings. The lowest BCUT2D eigenvalue weighted by Crippen LogP contribution is -2.22. The van der Waals surface area contributed by atoms with Gasteiger partial charge in [-0.1, -0.05) is 40.2 Å². The van der Waals surface area contributed by atoms with Gasteiger partial charge in [0.15, 0.2) is 0 Å². The average Bonchev–Trinajstić information content (AvgIpc) is 2.92. The number of rotatable bonds is 4. The van der Waals surface area contributed by atoms with Gasteiger partial charge < -0.3 is 10.1 Å². The summed E-state index contributed by atoms with van der Waals surface area (Å²) < 4.78 is 6.45. The first-order valence-corrected chi connectivity index (χ1v) is 8.15. The quantitative estimate of drug-likeness (QED) is 0.859. The molecule has 3 heteroatoms. The Morgan fingerprint density at radius 2 is 1.95 bits per heavy atom. The van der Waals surface area contributed by atoms with Crippen LogP contribution in [0.5, 0.6) is 5.75 Å². The lowest BCUT2D eigenvalue weighted by molar-refractivity contribution is 0.414. The van der Waals surface area contributed by atoms with Gasteiger partial charge in [-0.15, -0.1) is 0 Å². The van der Waals surface area contributed by atoms with E-state index in [0.717, 1.165) is 12.2 Å². The average molecular weight is 346 g/mol. The molecule has 21 heavy (non-hydrogen) atoms. The van der Waals surface area contributed by atoms with Gasteiger partial charge in [-0.05, 0) is 54.7 Å². The third-order valence-corrected chi connectivity index (χ3v) is 5.02. The number of hydrogen-bond acceptors (Lipinski definition) is 2. The van der Waals surface area contributed by atoms with E-state index in [2.05, 4.69) is 58.5 Å². The predicted molar refractivity (Wildman–Crippen MR) is 89.7 cm³/mol. The molecule has 2 nitrogen and oxygen atoms in total. The van der Waals surface area contributed by atoms with Gasteiger partial charge >= 0.3 is 0 Å². The molecule has 0 amide bonds. The number of benzene rings is 2. The van der Waals surface area contributed by atoms with E-state index in [1.807, 2.05) is 12.1 Å². The highest BCUT2D eigenvalue weighted by atomic mass is 79.9. The zero-order chi connectivity index (χ0) is 14.8. The molecule has 2 aromatic carbocycles. The van der Waals surface area contributed by atoms with Crippen molar-refractivity contribution in [1.29, 1.82) is 0 Å². The number of methoxy groups -OCH3 is 1. The minimum absolute atomic E-state index is 0.325. The van der Waals surface area contributed by atoms with Gasteiger partial charge in [0, 0.05) is 16.6 Å². The lowest BCUT2D eigenvalue weighted by Gasteiger charge is -2.21. The summed E-state index contributed by atoms with van der Waals surface area (Å²) in [4.78, 5) is 0. The van der Waals surface area contributed by atoms with Crippen LogP contribution < -0.4 is 10.1 Å². The molecule has 0 radical (unpaired) electrons. The number of hydrogen-bond donors (Lipinski definition) is 1. The largest absolute Gasteiger partial charge is 0.497 e. The maximum Gasteiger partial charge on any atom is 0.118 e. The topological polar surface area (TPSA) is 21.3 Å². The Kier molecular flexibility index (Phi) is 4.32. The number of fused-ring (bicyclic) bond motifs is 1. The molecule has 2 aromatic rings. The smallest absolute Gasteiger partial charge is 0.118 e. The normalized spacial score (nSPS) is 18.3. The van der Waals surface area contributed by atoms with Gasteiger partial charge in [0.05, 0.1) is 7.11 Å². The molecule has 0 aliphatic heterocycles. The summed E-state index contributed by atoms with van der Waals surface area (Å²) in [5.41, 5.74) is 4.18. The number of halogens is 1. The van der Waals surface area contributed by atoms with E-state index >= 15 is 0 Å². The van der Waals surface area contributed by atoms with Crippen LogP contribution in [0.2, 0.25) is 0 Å². The van der Waals surface area contributed by atoms with Gasteiger partial charge in [-0.3, -0.25) is 0 Å².